The van der Waals surface area contributed by atoms with Crippen LogP contribution in [0.25, 0.3) is 10.8 Å². The molecular weight excluding hydrogens is 338 g/mol. The second-order valence-corrected chi connectivity index (χ2v) is 6.57. The first-order chi connectivity index (χ1) is 12.2. The first-order valence-corrected chi connectivity index (χ1v) is 8.86. The van der Waals surface area contributed by atoms with Gasteiger partial charge in [-0.05, 0) is 39.2 Å². The highest BCUT2D eigenvalue weighted by Crippen LogP contribution is 2.22. The van der Waals surface area contributed by atoms with Crippen molar-refractivity contribution in [2.75, 3.05) is 5.88 Å². The number of tetrazole rings is 1. The molecule has 1 aliphatic heterocycles. The summed E-state index contributed by atoms with van der Waals surface area (Å²) >= 11 is 5.87. The van der Waals surface area contributed by atoms with Crippen molar-refractivity contribution in [2.45, 2.75) is 32.0 Å². The van der Waals surface area contributed by atoms with Gasteiger partial charge in [-0.15, -0.1) is 16.7 Å². The summed E-state index contributed by atoms with van der Waals surface area (Å²) < 4.78 is 1.78. The van der Waals surface area contributed by atoms with Gasteiger partial charge in [0.05, 0.1) is 12.6 Å². The maximum atomic E-state index is 12.5. The summed E-state index contributed by atoms with van der Waals surface area (Å²) in [5.41, 5.74) is 1.10. The lowest BCUT2D eigenvalue weighted by Crippen LogP contribution is -2.45. The molecule has 1 unspecified atom stereocenters. The Morgan fingerprint density at radius 2 is 2.08 bits per heavy atom. The van der Waals surface area contributed by atoms with Crippen molar-refractivity contribution >= 4 is 28.3 Å². The first kappa shape index (κ1) is 16.0. The third-order valence-corrected chi connectivity index (χ3v) is 4.96. The fraction of sp³-hybridized carbons (Fsp3) is 0.333. The highest BCUT2D eigenvalue weighted by Gasteiger charge is 2.28. The zero-order valence-electron chi connectivity index (χ0n) is 13.7. The summed E-state index contributed by atoms with van der Waals surface area (Å²) in [6, 6.07) is 14.6. The number of benzene rings is 2. The number of aryl methyl sites for hydroxylation is 1. The van der Waals surface area contributed by atoms with Crippen molar-refractivity contribution < 1.29 is 4.79 Å². The normalized spacial score (nSPS) is 16.6. The maximum absolute atomic E-state index is 12.5. The van der Waals surface area contributed by atoms with Gasteiger partial charge in [0.1, 0.15) is 5.88 Å². The zero-order valence-corrected chi connectivity index (χ0v) is 14.4. The molecule has 1 atom stereocenters. The van der Waals surface area contributed by atoms with Gasteiger partial charge < -0.3 is 4.90 Å². The Balaban J connectivity index is 1.59. The minimum absolute atomic E-state index is 0.0213. The van der Waals surface area contributed by atoms with Crippen molar-refractivity contribution in [1.29, 1.82) is 0 Å². The number of carbonyl (C=O) groups excluding carboxylic acids is 1. The molecule has 3 aromatic rings. The van der Waals surface area contributed by atoms with Gasteiger partial charge in [0.15, 0.2) is 5.82 Å². The fourth-order valence-electron chi connectivity index (χ4n) is 3.42. The van der Waals surface area contributed by atoms with Crippen LogP contribution in [0.15, 0.2) is 42.5 Å². The molecule has 25 heavy (non-hydrogen) atoms. The van der Waals surface area contributed by atoms with Crippen molar-refractivity contribution in [3.8, 4) is 0 Å². The van der Waals surface area contributed by atoms with Crippen LogP contribution in [0.4, 0.5) is 0 Å². The van der Waals surface area contributed by atoms with E-state index in [9.17, 15) is 4.79 Å². The number of amides is 1. The Labute approximate surface area is 150 Å². The fourth-order valence-corrected chi connectivity index (χ4v) is 3.57. The summed E-state index contributed by atoms with van der Waals surface area (Å²) in [7, 11) is 0. The van der Waals surface area contributed by atoms with Crippen LogP contribution in [0.2, 0.25) is 0 Å². The molecule has 0 fully saturated rings. The van der Waals surface area contributed by atoms with Crippen LogP contribution in [-0.2, 0) is 24.3 Å². The molecule has 0 N–H and O–H groups in total. The van der Waals surface area contributed by atoms with E-state index in [-0.39, 0.29) is 17.8 Å². The number of rotatable bonds is 4. The van der Waals surface area contributed by atoms with Crippen molar-refractivity contribution in [2.24, 2.45) is 0 Å². The van der Waals surface area contributed by atoms with Gasteiger partial charge in [-0.1, -0.05) is 36.4 Å². The molecule has 0 bridgehead atoms. The predicted octanol–water partition coefficient (Wildman–Crippen LogP) is 2.41. The summed E-state index contributed by atoms with van der Waals surface area (Å²) in [5, 5.41) is 14.1. The Hall–Kier alpha value is -2.47. The molecule has 7 heteroatoms. The van der Waals surface area contributed by atoms with Gasteiger partial charge in [-0.2, -0.15) is 0 Å². The first-order valence-electron chi connectivity index (χ1n) is 8.33. The molecule has 0 aliphatic carbocycles. The van der Waals surface area contributed by atoms with Crippen molar-refractivity contribution in [3.63, 3.8) is 0 Å². The van der Waals surface area contributed by atoms with Gasteiger partial charge in [0, 0.05) is 13.0 Å². The maximum Gasteiger partial charge on any atom is 0.238 e. The molecule has 0 saturated carbocycles. The van der Waals surface area contributed by atoms with Gasteiger partial charge in [-0.25, -0.2) is 4.68 Å². The standard InChI is InChI=1S/C18H18ClN5O/c19-10-18(25)23(16-7-8-17-20-21-22-24(17)12-16)11-13-5-6-14-3-1-2-4-15(14)9-13/h1-6,9,16H,7-8,10-12H2. The molecule has 0 radical (unpaired) electrons. The summed E-state index contributed by atoms with van der Waals surface area (Å²) in [6.07, 6.45) is 1.61. The number of hydrogen-bond donors (Lipinski definition) is 0. The Morgan fingerprint density at radius 1 is 1.24 bits per heavy atom. The minimum Gasteiger partial charge on any atom is -0.332 e. The highest BCUT2D eigenvalue weighted by molar-refractivity contribution is 6.27. The monoisotopic (exact) mass is 355 g/mol. The quantitative estimate of drug-likeness (QED) is 0.674. The Kier molecular flexibility index (Phi) is 4.36. The largest absolute Gasteiger partial charge is 0.332 e. The number of halogens is 1. The lowest BCUT2D eigenvalue weighted by molar-refractivity contribution is -0.132. The highest BCUT2D eigenvalue weighted by atomic mass is 35.5. The number of aromatic nitrogens is 4. The lowest BCUT2D eigenvalue weighted by Gasteiger charge is -2.33. The van der Waals surface area contributed by atoms with Crippen LogP contribution < -0.4 is 0 Å². The van der Waals surface area contributed by atoms with E-state index in [1.807, 2.05) is 17.0 Å². The van der Waals surface area contributed by atoms with Gasteiger partial charge >= 0.3 is 0 Å². The van der Waals surface area contributed by atoms with Crippen LogP contribution in [0.1, 0.15) is 17.8 Å². The van der Waals surface area contributed by atoms with Crippen molar-refractivity contribution in [3.05, 3.63) is 53.9 Å². The molecule has 6 nitrogen and oxygen atoms in total. The molecule has 2 aromatic carbocycles. The number of fused-ring (bicyclic) bond motifs is 2. The molecule has 4 rings (SSSR count). The molecule has 128 valence electrons. The summed E-state index contributed by atoms with van der Waals surface area (Å²) in [6.45, 7) is 1.15. The second kappa shape index (κ2) is 6.80. The average Bonchev–Trinajstić information content (AvgIpc) is 3.13. The number of hydrogen-bond acceptors (Lipinski definition) is 4. The molecule has 1 aromatic heterocycles. The third kappa shape index (κ3) is 3.22. The lowest BCUT2D eigenvalue weighted by atomic mass is 10.0. The average molecular weight is 356 g/mol. The van der Waals surface area contributed by atoms with Gasteiger partial charge in [-0.3, -0.25) is 4.79 Å². The van der Waals surface area contributed by atoms with E-state index in [1.54, 1.807) is 4.68 Å². The number of nitrogens with zero attached hydrogens (tertiary/aromatic N) is 5. The van der Waals surface area contributed by atoms with E-state index in [0.717, 1.165) is 24.2 Å². The molecular formula is C18H18ClN5O. The smallest absolute Gasteiger partial charge is 0.238 e. The minimum atomic E-state index is -0.0589. The van der Waals surface area contributed by atoms with Crippen LogP contribution in [0.3, 0.4) is 0 Å². The molecule has 2 heterocycles. The molecule has 1 amide bonds. The predicted molar refractivity (Wildman–Crippen MR) is 95.1 cm³/mol. The van der Waals surface area contributed by atoms with E-state index in [1.165, 1.54) is 10.8 Å². The Bertz CT molecular complexity index is 909. The summed E-state index contributed by atoms with van der Waals surface area (Å²) in [5.74, 6) is 0.795. The second-order valence-electron chi connectivity index (χ2n) is 6.31. The van der Waals surface area contributed by atoms with Crippen molar-refractivity contribution in [1.82, 2.24) is 25.1 Å². The van der Waals surface area contributed by atoms with E-state index < -0.39 is 0 Å². The molecule has 0 saturated heterocycles. The number of carbonyl (C=O) groups is 1. The van der Waals surface area contributed by atoms with E-state index in [0.29, 0.717) is 13.1 Å². The molecule has 0 spiro atoms. The van der Waals surface area contributed by atoms with Crippen LogP contribution in [0.5, 0.6) is 0 Å². The van der Waals surface area contributed by atoms with Crippen LogP contribution in [-0.4, -0.2) is 42.9 Å². The van der Waals surface area contributed by atoms with E-state index in [4.69, 9.17) is 11.6 Å². The Morgan fingerprint density at radius 3 is 2.92 bits per heavy atom. The zero-order chi connectivity index (χ0) is 17.2. The van der Waals surface area contributed by atoms with Crippen LogP contribution >= 0.6 is 11.6 Å². The SMILES string of the molecule is O=C(CCl)N(Cc1ccc2ccccc2c1)C1CCc2nnnn2C1. The van der Waals surface area contributed by atoms with Crippen LogP contribution in [0, 0.1) is 0 Å². The van der Waals surface area contributed by atoms with Gasteiger partial charge in [0.2, 0.25) is 5.91 Å². The third-order valence-electron chi connectivity index (χ3n) is 4.73. The topological polar surface area (TPSA) is 63.9 Å². The molecule has 1 aliphatic rings. The van der Waals surface area contributed by atoms with E-state index in [2.05, 4.69) is 45.9 Å². The number of alkyl halides is 1. The van der Waals surface area contributed by atoms with E-state index >= 15 is 0 Å². The summed E-state index contributed by atoms with van der Waals surface area (Å²) in [4.78, 5) is 14.3. The van der Waals surface area contributed by atoms with Gasteiger partial charge in [0.25, 0.3) is 0 Å².